The molecule has 1 aliphatic rings. The Labute approximate surface area is 86.3 Å². The molecule has 0 spiro atoms. The van der Waals surface area contributed by atoms with Gasteiger partial charge < -0.3 is 20.1 Å². The summed E-state index contributed by atoms with van der Waals surface area (Å²) < 4.78 is 10.6. The van der Waals surface area contributed by atoms with E-state index in [0.717, 1.165) is 32.6 Å². The predicted octanol–water partition coefficient (Wildman–Crippen LogP) is 0.0709. The highest BCUT2D eigenvalue weighted by Gasteiger charge is 2.20. The van der Waals surface area contributed by atoms with Crippen LogP contribution in [0.1, 0.15) is 12.8 Å². The Balaban J connectivity index is 2.27. The molecule has 1 saturated heterocycles. The second-order valence-electron chi connectivity index (χ2n) is 3.88. The molecule has 0 bridgehead atoms. The van der Waals surface area contributed by atoms with Crippen LogP contribution in [-0.2, 0) is 9.47 Å². The molecular weight excluding hydrogens is 180 g/mol. The zero-order valence-electron chi connectivity index (χ0n) is 9.24. The maximum Gasteiger partial charge on any atom is 0.0820 e. The number of hydrogen-bond acceptors (Lipinski definition) is 4. The normalized spacial score (nSPS) is 21.4. The van der Waals surface area contributed by atoms with E-state index in [2.05, 4.69) is 11.9 Å². The number of ether oxygens (including phenoxy) is 2. The SMILES string of the molecule is COC(CN)CN(C)C1CCOCC1. The average molecular weight is 202 g/mol. The van der Waals surface area contributed by atoms with E-state index >= 15 is 0 Å². The van der Waals surface area contributed by atoms with Crippen LogP contribution in [0.4, 0.5) is 0 Å². The van der Waals surface area contributed by atoms with Gasteiger partial charge >= 0.3 is 0 Å². The van der Waals surface area contributed by atoms with Crippen molar-refractivity contribution in [3.8, 4) is 0 Å². The lowest BCUT2D eigenvalue weighted by Gasteiger charge is -2.33. The molecule has 2 N–H and O–H groups in total. The second kappa shape index (κ2) is 6.35. The first kappa shape index (κ1) is 11.9. The summed E-state index contributed by atoms with van der Waals surface area (Å²) in [6.45, 7) is 3.27. The molecule has 0 amide bonds. The van der Waals surface area contributed by atoms with Crippen molar-refractivity contribution in [2.45, 2.75) is 25.0 Å². The Hall–Kier alpha value is -0.160. The quantitative estimate of drug-likeness (QED) is 0.685. The van der Waals surface area contributed by atoms with Gasteiger partial charge in [0.2, 0.25) is 0 Å². The minimum absolute atomic E-state index is 0.155. The molecule has 0 radical (unpaired) electrons. The molecule has 4 nitrogen and oxygen atoms in total. The molecule has 1 heterocycles. The van der Waals surface area contributed by atoms with E-state index in [-0.39, 0.29) is 6.10 Å². The van der Waals surface area contributed by atoms with Crippen LogP contribution in [0.2, 0.25) is 0 Å². The molecule has 1 unspecified atom stereocenters. The third-order valence-electron chi connectivity index (χ3n) is 2.90. The Morgan fingerprint density at radius 1 is 1.50 bits per heavy atom. The van der Waals surface area contributed by atoms with E-state index in [0.29, 0.717) is 12.6 Å². The maximum absolute atomic E-state index is 5.58. The van der Waals surface area contributed by atoms with E-state index in [1.54, 1.807) is 7.11 Å². The number of nitrogens with zero attached hydrogens (tertiary/aromatic N) is 1. The number of hydrogen-bond donors (Lipinski definition) is 1. The van der Waals surface area contributed by atoms with E-state index in [1.165, 1.54) is 0 Å². The number of rotatable bonds is 5. The fraction of sp³-hybridized carbons (Fsp3) is 1.00. The van der Waals surface area contributed by atoms with E-state index < -0.39 is 0 Å². The lowest BCUT2D eigenvalue weighted by molar-refractivity contribution is 0.0166. The molecule has 1 rings (SSSR count). The highest BCUT2D eigenvalue weighted by atomic mass is 16.5. The third kappa shape index (κ3) is 3.53. The summed E-state index contributed by atoms with van der Waals surface area (Å²) in [7, 11) is 3.85. The van der Waals surface area contributed by atoms with Crippen molar-refractivity contribution < 1.29 is 9.47 Å². The summed E-state index contributed by atoms with van der Waals surface area (Å²) in [4.78, 5) is 2.34. The van der Waals surface area contributed by atoms with Gasteiger partial charge in [-0.05, 0) is 19.9 Å². The van der Waals surface area contributed by atoms with Gasteiger partial charge in [0.1, 0.15) is 0 Å². The minimum Gasteiger partial charge on any atom is -0.381 e. The summed E-state index contributed by atoms with van der Waals surface area (Å²) in [5, 5.41) is 0. The van der Waals surface area contributed by atoms with Gasteiger partial charge in [0, 0.05) is 39.5 Å². The second-order valence-corrected chi connectivity index (χ2v) is 3.88. The van der Waals surface area contributed by atoms with E-state index in [9.17, 15) is 0 Å². The molecule has 84 valence electrons. The van der Waals surface area contributed by atoms with Crippen LogP contribution in [0.5, 0.6) is 0 Å². The van der Waals surface area contributed by atoms with E-state index in [1.807, 2.05) is 0 Å². The zero-order valence-corrected chi connectivity index (χ0v) is 9.24. The monoisotopic (exact) mass is 202 g/mol. The first-order valence-electron chi connectivity index (χ1n) is 5.28. The molecule has 0 aliphatic carbocycles. The van der Waals surface area contributed by atoms with Crippen LogP contribution in [0.25, 0.3) is 0 Å². The molecule has 0 aromatic carbocycles. The van der Waals surface area contributed by atoms with Crippen molar-refractivity contribution in [2.75, 3.05) is 40.5 Å². The van der Waals surface area contributed by atoms with Gasteiger partial charge in [-0.25, -0.2) is 0 Å². The molecule has 0 aromatic heterocycles. The average Bonchev–Trinajstić information content (AvgIpc) is 2.26. The molecule has 1 fully saturated rings. The minimum atomic E-state index is 0.155. The molecule has 14 heavy (non-hydrogen) atoms. The Kier molecular flexibility index (Phi) is 5.40. The molecule has 1 atom stereocenters. The van der Waals surface area contributed by atoms with Gasteiger partial charge in [-0.15, -0.1) is 0 Å². The summed E-state index contributed by atoms with van der Waals surface area (Å²) in [5.41, 5.74) is 5.58. The number of nitrogens with two attached hydrogens (primary N) is 1. The van der Waals surface area contributed by atoms with Crippen molar-refractivity contribution in [1.82, 2.24) is 4.90 Å². The highest BCUT2D eigenvalue weighted by molar-refractivity contribution is 4.74. The Morgan fingerprint density at radius 2 is 2.14 bits per heavy atom. The van der Waals surface area contributed by atoms with Crippen molar-refractivity contribution in [3.05, 3.63) is 0 Å². The Bertz CT molecular complexity index is 145. The summed E-state index contributed by atoms with van der Waals surface area (Å²) in [5.74, 6) is 0. The Morgan fingerprint density at radius 3 is 2.64 bits per heavy atom. The molecule has 0 saturated carbocycles. The first-order chi connectivity index (χ1) is 6.77. The standard InChI is InChI=1S/C10H22N2O2/c1-12(8-10(7-11)13-2)9-3-5-14-6-4-9/h9-10H,3-8,11H2,1-2H3. The van der Waals surface area contributed by atoms with Crippen LogP contribution in [0.15, 0.2) is 0 Å². The van der Waals surface area contributed by atoms with Crippen LogP contribution >= 0.6 is 0 Å². The largest absolute Gasteiger partial charge is 0.381 e. The lowest BCUT2D eigenvalue weighted by atomic mass is 10.1. The summed E-state index contributed by atoms with van der Waals surface area (Å²) in [6.07, 6.45) is 2.40. The first-order valence-corrected chi connectivity index (χ1v) is 5.28. The van der Waals surface area contributed by atoms with Gasteiger partial charge in [-0.3, -0.25) is 0 Å². The predicted molar refractivity (Wildman–Crippen MR) is 56.3 cm³/mol. The molecular formula is C10H22N2O2. The van der Waals surface area contributed by atoms with Gasteiger partial charge in [0.15, 0.2) is 0 Å². The van der Waals surface area contributed by atoms with Gasteiger partial charge in [0.05, 0.1) is 6.10 Å². The third-order valence-corrected chi connectivity index (χ3v) is 2.90. The van der Waals surface area contributed by atoms with Crippen LogP contribution < -0.4 is 5.73 Å². The van der Waals surface area contributed by atoms with E-state index in [4.69, 9.17) is 15.2 Å². The summed E-state index contributed by atoms with van der Waals surface area (Å²) in [6, 6.07) is 0.632. The van der Waals surface area contributed by atoms with Crippen molar-refractivity contribution >= 4 is 0 Å². The molecule has 0 aromatic rings. The topological polar surface area (TPSA) is 47.7 Å². The van der Waals surface area contributed by atoms with Crippen LogP contribution in [0.3, 0.4) is 0 Å². The zero-order chi connectivity index (χ0) is 10.4. The van der Waals surface area contributed by atoms with Crippen molar-refractivity contribution in [3.63, 3.8) is 0 Å². The number of methoxy groups -OCH3 is 1. The highest BCUT2D eigenvalue weighted by Crippen LogP contribution is 2.13. The lowest BCUT2D eigenvalue weighted by Crippen LogP contribution is -2.43. The van der Waals surface area contributed by atoms with Crippen LogP contribution in [0, 0.1) is 0 Å². The molecule has 4 heteroatoms. The van der Waals surface area contributed by atoms with Crippen LogP contribution in [-0.4, -0.2) is 57.5 Å². The molecule has 1 aliphatic heterocycles. The van der Waals surface area contributed by atoms with Gasteiger partial charge in [-0.2, -0.15) is 0 Å². The van der Waals surface area contributed by atoms with Crippen molar-refractivity contribution in [2.24, 2.45) is 5.73 Å². The number of likely N-dealkylation sites (N-methyl/N-ethyl adjacent to an activating group) is 1. The fourth-order valence-electron chi connectivity index (χ4n) is 1.84. The van der Waals surface area contributed by atoms with Gasteiger partial charge in [-0.1, -0.05) is 0 Å². The van der Waals surface area contributed by atoms with Gasteiger partial charge in [0.25, 0.3) is 0 Å². The smallest absolute Gasteiger partial charge is 0.0820 e. The van der Waals surface area contributed by atoms with Crippen molar-refractivity contribution in [1.29, 1.82) is 0 Å². The summed E-state index contributed by atoms with van der Waals surface area (Å²) >= 11 is 0. The fourth-order valence-corrected chi connectivity index (χ4v) is 1.84. The maximum atomic E-state index is 5.58.